The van der Waals surface area contributed by atoms with Crippen molar-refractivity contribution in [3.8, 4) is 0 Å². The van der Waals surface area contributed by atoms with E-state index in [1.54, 1.807) is 5.38 Å². The first-order valence-electron chi connectivity index (χ1n) is 5.98. The van der Waals surface area contributed by atoms with E-state index in [2.05, 4.69) is 24.1 Å². The van der Waals surface area contributed by atoms with Gasteiger partial charge in [-0.1, -0.05) is 13.8 Å². The summed E-state index contributed by atoms with van der Waals surface area (Å²) in [5.74, 6) is 0.565. The SMILES string of the molecule is CC(C)CCC(C)NC(=O)c1csc(CN)n1.Cl. The average Bonchev–Trinajstić information content (AvgIpc) is 2.74. The number of nitrogens with two attached hydrogens (primary N) is 1. The highest BCUT2D eigenvalue weighted by Crippen LogP contribution is 2.10. The van der Waals surface area contributed by atoms with Gasteiger partial charge in [0.25, 0.3) is 5.91 Å². The molecule has 1 amide bonds. The number of thiazole rings is 1. The van der Waals surface area contributed by atoms with Gasteiger partial charge in [0, 0.05) is 18.0 Å². The second kappa shape index (κ2) is 8.45. The summed E-state index contributed by atoms with van der Waals surface area (Å²) in [4.78, 5) is 16.0. The molecule has 1 atom stereocenters. The number of carbonyl (C=O) groups excluding carboxylic acids is 1. The molecule has 0 aliphatic rings. The molecule has 1 unspecified atom stereocenters. The van der Waals surface area contributed by atoms with Crippen molar-refractivity contribution in [2.45, 2.75) is 46.2 Å². The van der Waals surface area contributed by atoms with Gasteiger partial charge in [0.05, 0.1) is 0 Å². The van der Waals surface area contributed by atoms with Crippen LogP contribution in [0.4, 0.5) is 0 Å². The minimum absolute atomic E-state index is 0. The summed E-state index contributed by atoms with van der Waals surface area (Å²) >= 11 is 1.43. The summed E-state index contributed by atoms with van der Waals surface area (Å²) in [6.07, 6.45) is 2.11. The standard InChI is InChI=1S/C12H21N3OS.ClH/c1-8(2)4-5-9(3)14-12(16)10-7-17-11(6-13)15-10;/h7-9H,4-6,13H2,1-3H3,(H,14,16);1H. The van der Waals surface area contributed by atoms with Gasteiger partial charge in [-0.2, -0.15) is 0 Å². The van der Waals surface area contributed by atoms with Crippen LogP contribution in [-0.4, -0.2) is 16.9 Å². The van der Waals surface area contributed by atoms with Gasteiger partial charge in [-0.25, -0.2) is 4.98 Å². The van der Waals surface area contributed by atoms with Crippen LogP contribution >= 0.6 is 23.7 Å². The highest BCUT2D eigenvalue weighted by atomic mass is 35.5. The molecule has 0 spiro atoms. The number of carbonyl (C=O) groups is 1. The molecule has 1 heterocycles. The zero-order chi connectivity index (χ0) is 12.8. The Bertz CT molecular complexity index is 368. The van der Waals surface area contributed by atoms with Gasteiger partial charge in [-0.15, -0.1) is 23.7 Å². The molecule has 104 valence electrons. The van der Waals surface area contributed by atoms with Crippen molar-refractivity contribution in [3.05, 3.63) is 16.1 Å². The maximum atomic E-state index is 11.8. The van der Waals surface area contributed by atoms with Crippen LogP contribution in [0.1, 0.15) is 49.1 Å². The highest BCUT2D eigenvalue weighted by molar-refractivity contribution is 7.09. The summed E-state index contributed by atoms with van der Waals surface area (Å²) in [5, 5.41) is 5.51. The molecule has 1 rings (SSSR count). The molecule has 0 aliphatic heterocycles. The van der Waals surface area contributed by atoms with E-state index >= 15 is 0 Å². The smallest absolute Gasteiger partial charge is 0.270 e. The normalized spacial score (nSPS) is 12.1. The average molecular weight is 292 g/mol. The van der Waals surface area contributed by atoms with Crippen LogP contribution in [0, 0.1) is 5.92 Å². The second-order valence-corrected chi connectivity index (χ2v) is 5.62. The monoisotopic (exact) mass is 291 g/mol. The number of hydrogen-bond acceptors (Lipinski definition) is 4. The third kappa shape index (κ3) is 5.80. The van der Waals surface area contributed by atoms with Crippen LogP contribution in [0.25, 0.3) is 0 Å². The summed E-state index contributed by atoms with van der Waals surface area (Å²) < 4.78 is 0. The zero-order valence-electron chi connectivity index (χ0n) is 11.1. The van der Waals surface area contributed by atoms with E-state index in [1.165, 1.54) is 11.3 Å². The molecule has 4 nitrogen and oxygen atoms in total. The van der Waals surface area contributed by atoms with Gasteiger partial charge in [0.2, 0.25) is 0 Å². The number of hydrogen-bond donors (Lipinski definition) is 2. The fraction of sp³-hybridized carbons (Fsp3) is 0.667. The molecule has 3 N–H and O–H groups in total. The maximum absolute atomic E-state index is 11.8. The lowest BCUT2D eigenvalue weighted by molar-refractivity contribution is 0.0932. The van der Waals surface area contributed by atoms with Crippen LogP contribution < -0.4 is 11.1 Å². The molecule has 18 heavy (non-hydrogen) atoms. The maximum Gasteiger partial charge on any atom is 0.270 e. The van der Waals surface area contributed by atoms with Gasteiger partial charge in [0.1, 0.15) is 10.7 Å². The predicted molar refractivity (Wildman–Crippen MR) is 78.3 cm³/mol. The van der Waals surface area contributed by atoms with E-state index in [4.69, 9.17) is 5.73 Å². The highest BCUT2D eigenvalue weighted by Gasteiger charge is 2.13. The van der Waals surface area contributed by atoms with Gasteiger partial charge < -0.3 is 11.1 Å². The molecule has 1 aromatic rings. The lowest BCUT2D eigenvalue weighted by Crippen LogP contribution is -2.33. The fourth-order valence-electron chi connectivity index (χ4n) is 1.46. The van der Waals surface area contributed by atoms with E-state index in [9.17, 15) is 4.79 Å². The van der Waals surface area contributed by atoms with E-state index in [1.807, 2.05) is 6.92 Å². The Morgan fingerprint density at radius 2 is 2.11 bits per heavy atom. The largest absolute Gasteiger partial charge is 0.348 e. The summed E-state index contributed by atoms with van der Waals surface area (Å²) in [7, 11) is 0. The van der Waals surface area contributed by atoms with Crippen molar-refractivity contribution in [2.75, 3.05) is 0 Å². The number of rotatable bonds is 6. The topological polar surface area (TPSA) is 68.0 Å². The number of aromatic nitrogens is 1. The number of nitrogens with one attached hydrogen (secondary N) is 1. The number of halogens is 1. The molecule has 0 saturated heterocycles. The Kier molecular flexibility index (Phi) is 8.15. The molecule has 0 saturated carbocycles. The van der Waals surface area contributed by atoms with Crippen LogP contribution in [0.3, 0.4) is 0 Å². The van der Waals surface area contributed by atoms with Crippen molar-refractivity contribution in [1.29, 1.82) is 0 Å². The first-order chi connectivity index (χ1) is 8.02. The molecular formula is C12H22ClN3OS. The van der Waals surface area contributed by atoms with Gasteiger partial charge in [-0.05, 0) is 25.7 Å². The predicted octanol–water partition coefficient (Wildman–Crippen LogP) is 2.58. The van der Waals surface area contributed by atoms with Crippen molar-refractivity contribution in [2.24, 2.45) is 11.7 Å². The lowest BCUT2D eigenvalue weighted by Gasteiger charge is -2.14. The Balaban J connectivity index is 0.00000289. The summed E-state index contributed by atoms with van der Waals surface area (Å²) in [5.41, 5.74) is 5.94. The Hall–Kier alpha value is -0.650. The van der Waals surface area contributed by atoms with E-state index in [0.717, 1.165) is 17.8 Å². The quantitative estimate of drug-likeness (QED) is 0.846. The van der Waals surface area contributed by atoms with Crippen molar-refractivity contribution in [3.63, 3.8) is 0 Å². The van der Waals surface area contributed by atoms with Crippen LogP contribution in [0.15, 0.2) is 5.38 Å². The first-order valence-corrected chi connectivity index (χ1v) is 6.86. The fourth-order valence-corrected chi connectivity index (χ4v) is 2.12. The number of nitrogens with zero attached hydrogens (tertiary/aromatic N) is 1. The third-order valence-corrected chi connectivity index (χ3v) is 3.38. The molecule has 1 aromatic heterocycles. The van der Waals surface area contributed by atoms with Crippen LogP contribution in [0.5, 0.6) is 0 Å². The third-order valence-electron chi connectivity index (χ3n) is 2.51. The van der Waals surface area contributed by atoms with Crippen molar-refractivity contribution >= 4 is 29.7 Å². The summed E-state index contributed by atoms with van der Waals surface area (Å²) in [6, 6.07) is 0.188. The summed E-state index contributed by atoms with van der Waals surface area (Å²) in [6.45, 7) is 6.78. The van der Waals surface area contributed by atoms with Gasteiger partial charge >= 0.3 is 0 Å². The molecule has 0 bridgehead atoms. The molecular weight excluding hydrogens is 270 g/mol. The molecule has 0 aliphatic carbocycles. The van der Waals surface area contributed by atoms with Crippen LogP contribution in [0.2, 0.25) is 0 Å². The Labute approximate surface area is 119 Å². The molecule has 0 fully saturated rings. The zero-order valence-corrected chi connectivity index (χ0v) is 12.7. The first kappa shape index (κ1) is 17.4. The van der Waals surface area contributed by atoms with E-state index in [-0.39, 0.29) is 24.4 Å². The van der Waals surface area contributed by atoms with E-state index in [0.29, 0.717) is 18.2 Å². The van der Waals surface area contributed by atoms with Crippen LogP contribution in [-0.2, 0) is 6.54 Å². The molecule has 0 radical (unpaired) electrons. The van der Waals surface area contributed by atoms with E-state index < -0.39 is 0 Å². The lowest BCUT2D eigenvalue weighted by atomic mass is 10.0. The Morgan fingerprint density at radius 3 is 2.61 bits per heavy atom. The second-order valence-electron chi connectivity index (χ2n) is 4.68. The van der Waals surface area contributed by atoms with Crippen molar-refractivity contribution < 1.29 is 4.79 Å². The molecule has 6 heteroatoms. The minimum Gasteiger partial charge on any atom is -0.348 e. The van der Waals surface area contributed by atoms with Crippen molar-refractivity contribution in [1.82, 2.24) is 10.3 Å². The molecule has 0 aromatic carbocycles. The number of amides is 1. The van der Waals surface area contributed by atoms with Gasteiger partial charge in [0.15, 0.2) is 0 Å². The minimum atomic E-state index is -0.0998. The van der Waals surface area contributed by atoms with Gasteiger partial charge in [-0.3, -0.25) is 4.79 Å². The Morgan fingerprint density at radius 1 is 1.44 bits per heavy atom.